The molecule has 0 bridgehead atoms. The van der Waals surface area contributed by atoms with Crippen molar-refractivity contribution >= 4 is 22.8 Å². The molecule has 6 nitrogen and oxygen atoms in total. The van der Waals surface area contributed by atoms with E-state index >= 15 is 0 Å². The Morgan fingerprint density at radius 3 is 2.78 bits per heavy atom. The van der Waals surface area contributed by atoms with E-state index in [1.807, 2.05) is 28.8 Å². The third-order valence-corrected chi connectivity index (χ3v) is 4.06. The first-order chi connectivity index (χ1) is 11.2. The van der Waals surface area contributed by atoms with Crippen LogP contribution in [0.1, 0.15) is 38.4 Å². The molecule has 122 valence electrons. The average molecular weight is 314 g/mol. The Hall–Kier alpha value is -2.37. The van der Waals surface area contributed by atoms with Gasteiger partial charge in [0.1, 0.15) is 12.4 Å². The van der Waals surface area contributed by atoms with Gasteiger partial charge in [-0.1, -0.05) is 25.5 Å². The summed E-state index contributed by atoms with van der Waals surface area (Å²) in [5.74, 6) is 0.654. The molecule has 0 radical (unpaired) electrons. The number of para-hydroxylation sites is 2. The van der Waals surface area contributed by atoms with Gasteiger partial charge in [0.05, 0.1) is 11.0 Å². The lowest BCUT2D eigenvalue weighted by molar-refractivity contribution is -0.129. The number of aromatic nitrogens is 2. The predicted octanol–water partition coefficient (Wildman–Crippen LogP) is 1.94. The molecule has 0 aliphatic heterocycles. The summed E-state index contributed by atoms with van der Waals surface area (Å²) >= 11 is 0. The monoisotopic (exact) mass is 314 g/mol. The third kappa shape index (κ3) is 3.70. The summed E-state index contributed by atoms with van der Waals surface area (Å²) in [5.41, 5.74) is 6.84. The molecule has 1 fully saturated rings. The number of amides is 2. The molecule has 1 heterocycles. The lowest BCUT2D eigenvalue weighted by atomic mass is 10.2. The Labute approximate surface area is 135 Å². The molecule has 2 N–H and O–H groups in total. The van der Waals surface area contributed by atoms with Gasteiger partial charge in [0.2, 0.25) is 5.91 Å². The van der Waals surface area contributed by atoms with Gasteiger partial charge in [0.25, 0.3) is 5.91 Å². The van der Waals surface area contributed by atoms with Gasteiger partial charge in [-0.3, -0.25) is 20.4 Å². The minimum atomic E-state index is -0.236. The second-order valence-electron chi connectivity index (χ2n) is 6.02. The first-order valence-electron chi connectivity index (χ1n) is 8.22. The van der Waals surface area contributed by atoms with Crippen molar-refractivity contribution in [2.24, 2.45) is 5.92 Å². The molecule has 3 rings (SSSR count). The number of hydrazine groups is 1. The maximum Gasteiger partial charge on any atom is 0.258 e. The van der Waals surface area contributed by atoms with Crippen molar-refractivity contribution in [1.82, 2.24) is 20.4 Å². The summed E-state index contributed by atoms with van der Waals surface area (Å²) in [6.45, 7) is 2.29. The van der Waals surface area contributed by atoms with Gasteiger partial charge in [0.15, 0.2) is 0 Å². The van der Waals surface area contributed by atoms with Crippen LogP contribution in [-0.2, 0) is 22.6 Å². The molecule has 0 spiro atoms. The lowest BCUT2D eigenvalue weighted by Gasteiger charge is -2.10. The number of imidazole rings is 1. The minimum Gasteiger partial charge on any atom is -0.318 e. The molecule has 1 aliphatic carbocycles. The summed E-state index contributed by atoms with van der Waals surface area (Å²) in [7, 11) is 0. The van der Waals surface area contributed by atoms with Gasteiger partial charge in [0, 0.05) is 12.3 Å². The van der Waals surface area contributed by atoms with Crippen LogP contribution in [0.4, 0.5) is 0 Å². The molecule has 2 aromatic rings. The van der Waals surface area contributed by atoms with Gasteiger partial charge in [-0.2, -0.15) is 0 Å². The van der Waals surface area contributed by atoms with E-state index in [-0.39, 0.29) is 24.3 Å². The van der Waals surface area contributed by atoms with Gasteiger partial charge in [-0.05, 0) is 31.4 Å². The predicted molar refractivity (Wildman–Crippen MR) is 87.4 cm³/mol. The number of aryl methyl sites for hydroxylation is 1. The molecular weight excluding hydrogens is 292 g/mol. The normalized spacial score (nSPS) is 14.0. The van der Waals surface area contributed by atoms with Crippen LogP contribution >= 0.6 is 0 Å². The van der Waals surface area contributed by atoms with E-state index in [0.717, 1.165) is 49.0 Å². The van der Waals surface area contributed by atoms with Crippen molar-refractivity contribution in [2.75, 3.05) is 0 Å². The standard InChI is InChI=1S/C17H22N4O2/c1-2-3-8-15-18-13-6-4-5-7-14(13)21(15)11-16(22)19-20-17(23)12-9-10-12/h4-7,12H,2-3,8-11H2,1H3,(H,19,22)(H,20,23). The fraction of sp³-hybridized carbons (Fsp3) is 0.471. The number of benzene rings is 1. The summed E-state index contributed by atoms with van der Waals surface area (Å²) in [6, 6.07) is 7.80. The van der Waals surface area contributed by atoms with Crippen LogP contribution in [0, 0.1) is 5.92 Å². The fourth-order valence-electron chi connectivity index (χ4n) is 2.59. The second-order valence-corrected chi connectivity index (χ2v) is 6.02. The van der Waals surface area contributed by atoms with Crippen molar-refractivity contribution in [3.63, 3.8) is 0 Å². The van der Waals surface area contributed by atoms with E-state index in [2.05, 4.69) is 22.8 Å². The van der Waals surface area contributed by atoms with Crippen LogP contribution in [0.3, 0.4) is 0 Å². The number of carbonyl (C=O) groups is 2. The highest BCUT2D eigenvalue weighted by molar-refractivity contribution is 5.85. The average Bonchev–Trinajstić information content (AvgIpc) is 3.35. The van der Waals surface area contributed by atoms with E-state index in [1.54, 1.807) is 0 Å². The van der Waals surface area contributed by atoms with Crippen LogP contribution < -0.4 is 10.9 Å². The summed E-state index contributed by atoms with van der Waals surface area (Å²) < 4.78 is 1.93. The molecule has 0 atom stereocenters. The Bertz CT molecular complexity index is 718. The number of nitrogens with zero attached hydrogens (tertiary/aromatic N) is 2. The summed E-state index contributed by atoms with van der Waals surface area (Å²) in [5, 5.41) is 0. The van der Waals surface area contributed by atoms with Crippen LogP contribution in [0.2, 0.25) is 0 Å². The molecule has 2 amide bonds. The molecule has 0 unspecified atom stereocenters. The quantitative estimate of drug-likeness (QED) is 0.800. The maximum atomic E-state index is 12.2. The number of hydrogen-bond donors (Lipinski definition) is 2. The first kappa shape index (κ1) is 15.5. The van der Waals surface area contributed by atoms with E-state index in [0.29, 0.717) is 0 Å². The lowest BCUT2D eigenvalue weighted by Crippen LogP contribution is -2.44. The molecule has 1 aromatic heterocycles. The molecule has 1 saturated carbocycles. The molecule has 0 saturated heterocycles. The van der Waals surface area contributed by atoms with Gasteiger partial charge < -0.3 is 4.57 Å². The fourth-order valence-corrected chi connectivity index (χ4v) is 2.59. The van der Waals surface area contributed by atoms with Crippen molar-refractivity contribution in [3.05, 3.63) is 30.1 Å². The second kappa shape index (κ2) is 6.81. The summed E-state index contributed by atoms with van der Waals surface area (Å²) in [4.78, 5) is 28.4. The number of nitrogens with one attached hydrogen (secondary N) is 2. The largest absolute Gasteiger partial charge is 0.318 e. The minimum absolute atomic E-state index is 0.0736. The third-order valence-electron chi connectivity index (χ3n) is 4.06. The van der Waals surface area contributed by atoms with Crippen LogP contribution in [0.5, 0.6) is 0 Å². The van der Waals surface area contributed by atoms with Crippen molar-refractivity contribution in [3.8, 4) is 0 Å². The number of carbonyl (C=O) groups excluding carboxylic acids is 2. The molecule has 23 heavy (non-hydrogen) atoms. The van der Waals surface area contributed by atoms with E-state index < -0.39 is 0 Å². The maximum absolute atomic E-state index is 12.2. The first-order valence-corrected chi connectivity index (χ1v) is 8.22. The number of rotatable bonds is 6. The zero-order valence-electron chi connectivity index (χ0n) is 13.3. The van der Waals surface area contributed by atoms with E-state index in [1.165, 1.54) is 0 Å². The van der Waals surface area contributed by atoms with Crippen molar-refractivity contribution in [1.29, 1.82) is 0 Å². The highest BCUT2D eigenvalue weighted by Crippen LogP contribution is 2.28. The SMILES string of the molecule is CCCCc1nc2ccccc2n1CC(=O)NNC(=O)C1CC1. The topological polar surface area (TPSA) is 76.0 Å². The van der Waals surface area contributed by atoms with Crippen molar-refractivity contribution < 1.29 is 9.59 Å². The van der Waals surface area contributed by atoms with Gasteiger partial charge >= 0.3 is 0 Å². The molecular formula is C17H22N4O2. The zero-order valence-corrected chi connectivity index (χ0v) is 13.3. The zero-order chi connectivity index (χ0) is 16.2. The number of fused-ring (bicyclic) bond motifs is 1. The Morgan fingerprint density at radius 2 is 2.04 bits per heavy atom. The number of hydrogen-bond acceptors (Lipinski definition) is 3. The van der Waals surface area contributed by atoms with E-state index in [9.17, 15) is 9.59 Å². The Kier molecular flexibility index (Phi) is 4.60. The number of unbranched alkanes of at least 4 members (excludes halogenated alkanes) is 1. The van der Waals surface area contributed by atoms with Crippen LogP contribution in [0.15, 0.2) is 24.3 Å². The molecule has 1 aromatic carbocycles. The molecule has 1 aliphatic rings. The van der Waals surface area contributed by atoms with Gasteiger partial charge in [-0.15, -0.1) is 0 Å². The highest BCUT2D eigenvalue weighted by Gasteiger charge is 2.29. The Morgan fingerprint density at radius 1 is 1.26 bits per heavy atom. The highest BCUT2D eigenvalue weighted by atomic mass is 16.2. The van der Waals surface area contributed by atoms with Gasteiger partial charge in [-0.25, -0.2) is 4.98 Å². The van der Waals surface area contributed by atoms with E-state index in [4.69, 9.17) is 0 Å². The van der Waals surface area contributed by atoms with Crippen LogP contribution in [-0.4, -0.2) is 21.4 Å². The Balaban J connectivity index is 1.71. The smallest absolute Gasteiger partial charge is 0.258 e. The van der Waals surface area contributed by atoms with Crippen molar-refractivity contribution in [2.45, 2.75) is 45.6 Å². The molecule has 6 heteroatoms. The van der Waals surface area contributed by atoms with Crippen LogP contribution in [0.25, 0.3) is 11.0 Å². The summed E-state index contributed by atoms with van der Waals surface area (Å²) in [6.07, 6.45) is 4.77.